The van der Waals surface area contributed by atoms with Crippen molar-refractivity contribution in [3.05, 3.63) is 74.9 Å². The van der Waals surface area contributed by atoms with Crippen LogP contribution in [0.4, 0.5) is 0 Å². The molecule has 0 unspecified atom stereocenters. The molecule has 0 bridgehead atoms. The Kier molecular flexibility index (Phi) is 5.70. The number of thiophene rings is 1. The summed E-state index contributed by atoms with van der Waals surface area (Å²) in [5, 5.41) is 13.1. The summed E-state index contributed by atoms with van der Waals surface area (Å²) in [5.74, 6) is 1.58. The number of nitrogens with one attached hydrogen (secondary N) is 1. The molecule has 2 N–H and O–H groups in total. The normalized spacial score (nSPS) is 15.5. The van der Waals surface area contributed by atoms with Gasteiger partial charge in [0.1, 0.15) is 17.1 Å². The van der Waals surface area contributed by atoms with Crippen molar-refractivity contribution < 1.29 is 14.6 Å². The smallest absolute Gasteiger partial charge is 0.266 e. The molecule has 0 atom stereocenters. The molecule has 39 heavy (non-hydrogen) atoms. The number of carbonyl (C=O) groups is 1. The largest absolute Gasteiger partial charge is 0.505 e. The Balaban J connectivity index is 1.27. The Morgan fingerprint density at radius 2 is 1.87 bits per heavy atom. The summed E-state index contributed by atoms with van der Waals surface area (Å²) in [6, 6.07) is 13.6. The average molecular weight is 541 g/mol. The molecule has 1 aliphatic heterocycles. The van der Waals surface area contributed by atoms with Crippen LogP contribution in [0.25, 0.3) is 32.6 Å². The second kappa shape index (κ2) is 9.27. The van der Waals surface area contributed by atoms with E-state index in [1.165, 1.54) is 22.5 Å². The predicted molar refractivity (Wildman–Crippen MR) is 152 cm³/mol. The van der Waals surface area contributed by atoms with Crippen molar-refractivity contribution in [3.8, 4) is 22.9 Å². The van der Waals surface area contributed by atoms with Crippen LogP contribution in [0.1, 0.15) is 29.5 Å². The third-order valence-corrected chi connectivity index (χ3v) is 8.84. The maximum absolute atomic E-state index is 13.9. The average Bonchev–Trinajstić information content (AvgIpc) is 3.60. The number of rotatable bonds is 5. The van der Waals surface area contributed by atoms with Gasteiger partial charge in [0, 0.05) is 19.0 Å². The second-order valence-electron chi connectivity index (χ2n) is 10.4. The lowest BCUT2D eigenvalue weighted by atomic mass is 10.0. The van der Waals surface area contributed by atoms with Gasteiger partial charge < -0.3 is 24.3 Å². The summed E-state index contributed by atoms with van der Waals surface area (Å²) in [5.41, 5.74) is 5.45. The number of hydrogen-bond acceptors (Lipinski definition) is 6. The Morgan fingerprint density at radius 1 is 1.13 bits per heavy atom. The van der Waals surface area contributed by atoms with Gasteiger partial charge in [-0.3, -0.25) is 9.59 Å². The molecule has 8 nitrogen and oxygen atoms in total. The number of aromatic hydroxyl groups is 1. The fourth-order valence-corrected chi connectivity index (χ4v) is 6.44. The molecule has 1 amide bonds. The van der Waals surface area contributed by atoms with E-state index in [-0.39, 0.29) is 22.8 Å². The van der Waals surface area contributed by atoms with Crippen LogP contribution >= 0.6 is 11.3 Å². The molecule has 0 saturated heterocycles. The highest BCUT2D eigenvalue weighted by molar-refractivity contribution is 7.17. The second-order valence-corrected chi connectivity index (χ2v) is 11.3. The van der Waals surface area contributed by atoms with Gasteiger partial charge in [0.15, 0.2) is 5.75 Å². The molecule has 2 aromatic carbocycles. The molecule has 7 rings (SSSR count). The number of benzene rings is 2. The zero-order chi connectivity index (χ0) is 26.7. The minimum Gasteiger partial charge on any atom is -0.505 e. The van der Waals surface area contributed by atoms with Crippen LogP contribution < -0.4 is 10.3 Å². The first-order valence-corrected chi connectivity index (χ1v) is 14.1. The van der Waals surface area contributed by atoms with Crippen LogP contribution in [-0.4, -0.2) is 50.6 Å². The topological polar surface area (TPSA) is 100 Å². The van der Waals surface area contributed by atoms with Crippen LogP contribution in [-0.2, 0) is 24.2 Å². The molecule has 3 aromatic heterocycles. The highest BCUT2D eigenvalue weighted by Gasteiger charge is 2.34. The highest BCUT2D eigenvalue weighted by atomic mass is 32.1. The summed E-state index contributed by atoms with van der Waals surface area (Å²) in [6.45, 7) is 1.80. The first-order chi connectivity index (χ1) is 19.0. The van der Waals surface area contributed by atoms with E-state index in [1.807, 2.05) is 40.6 Å². The van der Waals surface area contributed by atoms with Crippen LogP contribution in [0.15, 0.2) is 52.6 Å². The predicted octanol–water partition coefficient (Wildman–Crippen LogP) is 4.71. The molecule has 5 aromatic rings. The lowest BCUT2D eigenvalue weighted by Crippen LogP contribution is -2.34. The Labute approximate surface area is 228 Å². The van der Waals surface area contributed by atoms with Gasteiger partial charge >= 0.3 is 0 Å². The van der Waals surface area contributed by atoms with Crippen molar-refractivity contribution in [2.75, 3.05) is 20.2 Å². The van der Waals surface area contributed by atoms with E-state index in [1.54, 1.807) is 11.7 Å². The number of ether oxygens (including phenoxy) is 1. The number of imidazole rings is 1. The number of amides is 1. The van der Waals surface area contributed by atoms with Gasteiger partial charge in [-0.05, 0) is 78.1 Å². The van der Waals surface area contributed by atoms with E-state index in [0.29, 0.717) is 28.5 Å². The van der Waals surface area contributed by atoms with Crippen LogP contribution in [0.3, 0.4) is 0 Å². The number of nitrogens with zero attached hydrogens (tertiary/aromatic N) is 3. The van der Waals surface area contributed by atoms with Gasteiger partial charge in [-0.25, -0.2) is 4.98 Å². The Morgan fingerprint density at radius 3 is 2.59 bits per heavy atom. The maximum atomic E-state index is 13.9. The summed E-state index contributed by atoms with van der Waals surface area (Å²) >= 11 is 1.40. The van der Waals surface area contributed by atoms with Crippen molar-refractivity contribution in [3.63, 3.8) is 0 Å². The van der Waals surface area contributed by atoms with Crippen LogP contribution in [0.5, 0.6) is 11.5 Å². The zero-order valence-corrected chi connectivity index (χ0v) is 22.4. The summed E-state index contributed by atoms with van der Waals surface area (Å²) in [6.07, 6.45) is 3.61. The highest BCUT2D eigenvalue weighted by Crippen LogP contribution is 2.37. The molecule has 2 aliphatic rings. The summed E-state index contributed by atoms with van der Waals surface area (Å²) < 4.78 is 7.60. The van der Waals surface area contributed by atoms with E-state index in [2.05, 4.69) is 17.1 Å². The van der Waals surface area contributed by atoms with Crippen molar-refractivity contribution in [1.29, 1.82) is 0 Å². The maximum Gasteiger partial charge on any atom is 0.266 e. The van der Waals surface area contributed by atoms with E-state index >= 15 is 0 Å². The third kappa shape index (κ3) is 4.17. The number of pyridine rings is 1. The third-order valence-electron chi connectivity index (χ3n) is 7.93. The minimum absolute atomic E-state index is 0.0502. The first-order valence-electron chi connectivity index (χ1n) is 13.3. The lowest BCUT2D eigenvalue weighted by Gasteiger charge is -2.19. The molecule has 4 heterocycles. The molecule has 9 heteroatoms. The van der Waals surface area contributed by atoms with Gasteiger partial charge in [-0.15, -0.1) is 11.3 Å². The number of methoxy groups -OCH3 is 1. The zero-order valence-electron chi connectivity index (χ0n) is 21.6. The van der Waals surface area contributed by atoms with Crippen molar-refractivity contribution in [2.45, 2.75) is 32.2 Å². The van der Waals surface area contributed by atoms with E-state index in [9.17, 15) is 14.7 Å². The number of aromatic amines is 1. The fraction of sp³-hybridized carbons (Fsp3) is 0.300. The van der Waals surface area contributed by atoms with Gasteiger partial charge in [-0.1, -0.05) is 12.1 Å². The molecule has 0 spiro atoms. The Hall–Kier alpha value is -4.11. The number of fused-ring (bicyclic) bond motifs is 3. The van der Waals surface area contributed by atoms with E-state index in [0.717, 1.165) is 61.1 Å². The molecule has 1 aliphatic carbocycles. The molecule has 1 saturated carbocycles. The molecule has 0 radical (unpaired) electrons. The molecule has 198 valence electrons. The van der Waals surface area contributed by atoms with E-state index in [4.69, 9.17) is 9.72 Å². The quantitative estimate of drug-likeness (QED) is 0.336. The summed E-state index contributed by atoms with van der Waals surface area (Å²) in [7, 11) is 1.62. The lowest BCUT2D eigenvalue weighted by molar-refractivity contribution is -0.132. The number of H-pyrrole nitrogens is 1. The molecule has 1 fully saturated rings. The number of hydrogen-bond donors (Lipinski definition) is 2. The Bertz CT molecular complexity index is 1750. The summed E-state index contributed by atoms with van der Waals surface area (Å²) in [4.78, 5) is 36.6. The monoisotopic (exact) mass is 540 g/mol. The minimum atomic E-state index is -0.302. The molecular formula is C30H28N4O4S. The fourth-order valence-electron chi connectivity index (χ4n) is 5.60. The SMILES string of the molecule is COc1ccc(Cn2c(=O)c(-c3nc4cc5c(cc4[nH]3)CCN(C(=O)C3CC3)CC5)c(O)c3sccc32)cc1. The van der Waals surface area contributed by atoms with Gasteiger partial charge in [0.2, 0.25) is 5.91 Å². The van der Waals surface area contributed by atoms with Gasteiger partial charge in [0.25, 0.3) is 5.56 Å². The number of aromatic nitrogens is 3. The van der Waals surface area contributed by atoms with Crippen LogP contribution in [0.2, 0.25) is 0 Å². The van der Waals surface area contributed by atoms with E-state index < -0.39 is 0 Å². The van der Waals surface area contributed by atoms with Gasteiger partial charge in [-0.2, -0.15) is 0 Å². The molecular weight excluding hydrogens is 512 g/mol. The first kappa shape index (κ1) is 24.0. The standard InChI is InChI=1S/C30H28N4O4S/c1-38-21-6-2-17(3-7-21)16-34-24-10-13-39-27(24)26(35)25(30(34)37)28-31-22-14-19-8-11-33(29(36)18-4-5-18)12-9-20(19)15-23(22)32-28/h2-3,6-7,10,13-15,18,35H,4-5,8-9,11-12,16H2,1H3,(H,31,32). The van der Waals surface area contributed by atoms with Crippen LogP contribution in [0, 0.1) is 5.92 Å². The van der Waals surface area contributed by atoms with Crippen molar-refractivity contribution in [1.82, 2.24) is 19.4 Å². The number of carbonyl (C=O) groups excluding carboxylic acids is 1. The van der Waals surface area contributed by atoms with Gasteiger partial charge in [0.05, 0.1) is 34.9 Å². The van der Waals surface area contributed by atoms with Crippen molar-refractivity contribution >= 4 is 38.5 Å². The van der Waals surface area contributed by atoms with Crippen molar-refractivity contribution in [2.24, 2.45) is 5.92 Å².